The minimum atomic E-state index is -0.430. The fraction of sp³-hybridized carbons (Fsp3) is 0.280. The van der Waals surface area contributed by atoms with E-state index >= 15 is 0 Å². The molecule has 33 heavy (non-hydrogen) atoms. The van der Waals surface area contributed by atoms with Gasteiger partial charge in [0.25, 0.3) is 0 Å². The Morgan fingerprint density at radius 2 is 2.00 bits per heavy atom. The molecular formula is C25H26N4O3S. The standard InChI is InChI=1S/C25H26N4O3S/c1-4-11-31-20-10-7-16(12-21(20)30-3)22-18(13-26)24(27)32-25-23(22)19(28-29-25)14-33-17-8-5-15(2)6-9-17/h5-10,12,22H,4,11,14,27H2,1-3H3,(H,28,29)/t22-/m1/s1. The van der Waals surface area contributed by atoms with Crippen LogP contribution in [-0.2, 0) is 5.75 Å². The second-order valence-corrected chi connectivity index (χ2v) is 8.76. The number of nitrogens with zero attached hydrogens (tertiary/aromatic N) is 2. The highest BCUT2D eigenvalue weighted by Gasteiger charge is 2.35. The van der Waals surface area contributed by atoms with Crippen LogP contribution in [0.25, 0.3) is 0 Å². The van der Waals surface area contributed by atoms with E-state index in [0.29, 0.717) is 35.3 Å². The van der Waals surface area contributed by atoms with Gasteiger partial charge in [0.2, 0.25) is 11.8 Å². The minimum Gasteiger partial charge on any atom is -0.493 e. The summed E-state index contributed by atoms with van der Waals surface area (Å²) in [6.45, 7) is 4.70. The number of aryl methyl sites for hydroxylation is 1. The fourth-order valence-corrected chi connectivity index (χ4v) is 4.60. The lowest BCUT2D eigenvalue weighted by Crippen LogP contribution is -2.21. The quantitative estimate of drug-likeness (QED) is 0.452. The van der Waals surface area contributed by atoms with E-state index in [4.69, 9.17) is 19.9 Å². The van der Waals surface area contributed by atoms with Gasteiger partial charge in [-0.3, -0.25) is 5.10 Å². The molecule has 4 rings (SSSR count). The van der Waals surface area contributed by atoms with E-state index in [9.17, 15) is 5.26 Å². The number of allylic oxidation sites excluding steroid dienone is 1. The van der Waals surface area contributed by atoms with Crippen LogP contribution in [0.1, 0.15) is 41.6 Å². The first-order chi connectivity index (χ1) is 16.0. The molecule has 0 fully saturated rings. The summed E-state index contributed by atoms with van der Waals surface area (Å²) in [5, 5.41) is 17.3. The zero-order chi connectivity index (χ0) is 23.4. The molecule has 1 aromatic heterocycles. The smallest absolute Gasteiger partial charge is 0.244 e. The molecular weight excluding hydrogens is 436 g/mol. The van der Waals surface area contributed by atoms with Gasteiger partial charge in [-0.25, -0.2) is 0 Å². The molecule has 0 radical (unpaired) electrons. The number of benzene rings is 2. The topological polar surface area (TPSA) is 106 Å². The number of rotatable bonds is 8. The maximum atomic E-state index is 9.92. The van der Waals surface area contributed by atoms with E-state index in [1.54, 1.807) is 18.9 Å². The van der Waals surface area contributed by atoms with Crippen molar-refractivity contribution >= 4 is 11.8 Å². The van der Waals surface area contributed by atoms with Gasteiger partial charge < -0.3 is 19.9 Å². The summed E-state index contributed by atoms with van der Waals surface area (Å²) in [5.74, 6) is 1.92. The van der Waals surface area contributed by atoms with Crippen LogP contribution in [0.2, 0.25) is 0 Å². The number of fused-ring (bicyclic) bond motifs is 1. The van der Waals surface area contributed by atoms with Gasteiger partial charge in [-0.2, -0.15) is 5.26 Å². The first kappa shape index (κ1) is 22.6. The van der Waals surface area contributed by atoms with Crippen LogP contribution in [0.15, 0.2) is 58.8 Å². The van der Waals surface area contributed by atoms with Gasteiger partial charge in [0, 0.05) is 10.6 Å². The fourth-order valence-electron chi connectivity index (χ4n) is 3.74. The van der Waals surface area contributed by atoms with Crippen molar-refractivity contribution in [3.63, 3.8) is 0 Å². The summed E-state index contributed by atoms with van der Waals surface area (Å²) >= 11 is 1.68. The predicted molar refractivity (Wildman–Crippen MR) is 127 cm³/mol. The lowest BCUT2D eigenvalue weighted by molar-refractivity contribution is 0.294. The number of H-pyrrole nitrogens is 1. The third kappa shape index (κ3) is 4.64. The van der Waals surface area contributed by atoms with E-state index in [0.717, 1.165) is 28.1 Å². The molecule has 1 aliphatic heterocycles. The molecule has 2 aromatic carbocycles. The average Bonchev–Trinajstić information content (AvgIpc) is 3.23. The van der Waals surface area contributed by atoms with Crippen molar-refractivity contribution in [2.24, 2.45) is 5.73 Å². The molecule has 7 nitrogen and oxygen atoms in total. The number of aromatic nitrogens is 2. The van der Waals surface area contributed by atoms with Gasteiger partial charge in [0.15, 0.2) is 11.5 Å². The van der Waals surface area contributed by atoms with Crippen LogP contribution in [-0.4, -0.2) is 23.9 Å². The van der Waals surface area contributed by atoms with Crippen LogP contribution in [0.4, 0.5) is 0 Å². The molecule has 0 unspecified atom stereocenters. The van der Waals surface area contributed by atoms with E-state index < -0.39 is 5.92 Å². The van der Waals surface area contributed by atoms with Crippen molar-refractivity contribution in [1.82, 2.24) is 10.2 Å². The van der Waals surface area contributed by atoms with Crippen molar-refractivity contribution in [2.45, 2.75) is 36.8 Å². The van der Waals surface area contributed by atoms with E-state index in [-0.39, 0.29) is 5.88 Å². The largest absolute Gasteiger partial charge is 0.493 e. The molecule has 8 heteroatoms. The zero-order valence-electron chi connectivity index (χ0n) is 18.8. The third-order valence-corrected chi connectivity index (χ3v) is 6.44. The van der Waals surface area contributed by atoms with Gasteiger partial charge in [-0.05, 0) is 43.2 Å². The lowest BCUT2D eigenvalue weighted by atomic mass is 9.84. The monoisotopic (exact) mass is 462 g/mol. The van der Waals surface area contributed by atoms with Crippen molar-refractivity contribution in [1.29, 1.82) is 5.26 Å². The number of methoxy groups -OCH3 is 1. The molecule has 0 bridgehead atoms. The molecule has 0 saturated carbocycles. The molecule has 0 saturated heterocycles. The number of hydrogen-bond donors (Lipinski definition) is 2. The van der Waals surface area contributed by atoms with E-state index in [1.165, 1.54) is 5.56 Å². The maximum Gasteiger partial charge on any atom is 0.244 e. The van der Waals surface area contributed by atoms with Crippen LogP contribution >= 0.6 is 11.8 Å². The number of nitrogens with one attached hydrogen (secondary N) is 1. The number of nitrogens with two attached hydrogens (primary N) is 1. The Kier molecular flexibility index (Phi) is 6.80. The summed E-state index contributed by atoms with van der Waals surface area (Å²) in [4.78, 5) is 1.15. The number of aromatic amines is 1. The third-order valence-electron chi connectivity index (χ3n) is 5.40. The Balaban J connectivity index is 1.72. The Labute approximate surface area is 197 Å². The molecule has 3 N–H and O–H groups in total. The average molecular weight is 463 g/mol. The first-order valence-corrected chi connectivity index (χ1v) is 11.7. The van der Waals surface area contributed by atoms with Gasteiger partial charge >= 0.3 is 0 Å². The second kappa shape index (κ2) is 9.92. The van der Waals surface area contributed by atoms with Crippen molar-refractivity contribution < 1.29 is 14.2 Å². The Bertz CT molecular complexity index is 1210. The van der Waals surface area contributed by atoms with Crippen LogP contribution < -0.4 is 19.9 Å². The van der Waals surface area contributed by atoms with Gasteiger partial charge in [-0.15, -0.1) is 16.9 Å². The summed E-state index contributed by atoms with van der Waals surface area (Å²) in [6.07, 6.45) is 0.892. The van der Waals surface area contributed by atoms with Crippen molar-refractivity contribution in [3.05, 3.63) is 76.3 Å². The summed E-state index contributed by atoms with van der Waals surface area (Å²) in [6, 6.07) is 16.3. The van der Waals surface area contributed by atoms with Crippen LogP contribution in [0, 0.1) is 18.3 Å². The van der Waals surface area contributed by atoms with Gasteiger partial charge in [0.05, 0.1) is 30.9 Å². The number of thioether (sulfide) groups is 1. The number of ether oxygens (including phenoxy) is 3. The van der Waals surface area contributed by atoms with Gasteiger partial charge in [-0.1, -0.05) is 30.7 Å². The van der Waals surface area contributed by atoms with Crippen molar-refractivity contribution in [3.8, 4) is 23.4 Å². The molecule has 0 aliphatic carbocycles. The first-order valence-electron chi connectivity index (χ1n) is 10.7. The predicted octanol–water partition coefficient (Wildman–Crippen LogP) is 5.03. The van der Waals surface area contributed by atoms with E-state index in [2.05, 4.69) is 47.5 Å². The molecule has 3 aromatic rings. The summed E-state index contributed by atoms with van der Waals surface area (Å²) < 4.78 is 17.1. The lowest BCUT2D eigenvalue weighted by Gasteiger charge is -2.24. The highest BCUT2D eigenvalue weighted by Crippen LogP contribution is 2.45. The normalized spacial score (nSPS) is 14.9. The number of nitriles is 1. The molecule has 0 amide bonds. The highest BCUT2D eigenvalue weighted by atomic mass is 32.2. The SMILES string of the molecule is CCCOc1ccc([C@@H]2C(C#N)=C(N)Oc3n[nH]c(CSc4ccc(C)cc4)c32)cc1OC. The Hall–Kier alpha value is -3.57. The van der Waals surface area contributed by atoms with Crippen molar-refractivity contribution in [2.75, 3.05) is 13.7 Å². The highest BCUT2D eigenvalue weighted by molar-refractivity contribution is 7.98. The van der Waals surface area contributed by atoms with Crippen LogP contribution in [0.5, 0.6) is 17.4 Å². The summed E-state index contributed by atoms with van der Waals surface area (Å²) in [7, 11) is 1.60. The van der Waals surface area contributed by atoms with Gasteiger partial charge in [0.1, 0.15) is 11.6 Å². The molecule has 2 heterocycles. The Morgan fingerprint density at radius 3 is 2.70 bits per heavy atom. The molecule has 1 atom stereocenters. The molecule has 0 spiro atoms. The minimum absolute atomic E-state index is 0.0597. The zero-order valence-corrected chi connectivity index (χ0v) is 19.7. The maximum absolute atomic E-state index is 9.92. The second-order valence-electron chi connectivity index (χ2n) is 7.71. The number of hydrogen-bond acceptors (Lipinski definition) is 7. The van der Waals surface area contributed by atoms with E-state index in [1.807, 2.05) is 25.1 Å². The summed E-state index contributed by atoms with van der Waals surface area (Å²) in [5.41, 5.74) is 10.2. The molecule has 170 valence electrons. The van der Waals surface area contributed by atoms with Crippen LogP contribution in [0.3, 0.4) is 0 Å². The Morgan fingerprint density at radius 1 is 1.21 bits per heavy atom. The molecule has 1 aliphatic rings.